The Bertz CT molecular complexity index is 270. The topological polar surface area (TPSA) is 44.4 Å². The lowest BCUT2D eigenvalue weighted by molar-refractivity contribution is -0.126. The molecule has 18 heavy (non-hydrogen) atoms. The molecule has 0 aromatic rings. The second kappa shape index (κ2) is 6.53. The number of carbonyl (C=O) groups excluding carboxylic acids is 1. The number of rotatable bonds is 6. The molecule has 1 saturated carbocycles. The van der Waals surface area contributed by atoms with Gasteiger partial charge in [0.15, 0.2) is 0 Å². The summed E-state index contributed by atoms with van der Waals surface area (Å²) in [6.07, 6.45) is 4.77. The lowest BCUT2D eigenvalue weighted by atomic mass is 9.95. The Balaban J connectivity index is 1.69. The number of hydrogen-bond donors (Lipinski definition) is 2. The van der Waals surface area contributed by atoms with Gasteiger partial charge in [-0.2, -0.15) is 0 Å². The maximum atomic E-state index is 12.0. The lowest BCUT2D eigenvalue weighted by Crippen LogP contribution is -2.49. The van der Waals surface area contributed by atoms with Gasteiger partial charge in [-0.15, -0.1) is 0 Å². The summed E-state index contributed by atoms with van der Waals surface area (Å²) in [5, 5.41) is 6.52. The van der Waals surface area contributed by atoms with Gasteiger partial charge in [0.05, 0.1) is 6.04 Å². The van der Waals surface area contributed by atoms with Gasteiger partial charge >= 0.3 is 0 Å². The molecule has 0 bridgehead atoms. The zero-order valence-electron chi connectivity index (χ0n) is 11.7. The van der Waals surface area contributed by atoms with E-state index in [1.165, 1.54) is 25.7 Å². The zero-order chi connectivity index (χ0) is 13.0. The van der Waals surface area contributed by atoms with Crippen molar-refractivity contribution in [1.29, 1.82) is 0 Å². The van der Waals surface area contributed by atoms with Crippen LogP contribution >= 0.6 is 0 Å². The summed E-state index contributed by atoms with van der Waals surface area (Å²) in [6, 6.07) is 0.525. The van der Waals surface area contributed by atoms with E-state index in [-0.39, 0.29) is 11.9 Å². The van der Waals surface area contributed by atoms with Gasteiger partial charge in [0, 0.05) is 6.04 Å². The van der Waals surface area contributed by atoms with Crippen LogP contribution in [0.4, 0.5) is 0 Å². The van der Waals surface area contributed by atoms with Gasteiger partial charge in [0.2, 0.25) is 5.91 Å². The summed E-state index contributed by atoms with van der Waals surface area (Å²) in [5.74, 6) is 1.02. The summed E-state index contributed by atoms with van der Waals surface area (Å²) in [5.41, 5.74) is 0. The molecule has 4 heteroatoms. The Labute approximate surface area is 110 Å². The molecule has 0 aromatic carbocycles. The summed E-state index contributed by atoms with van der Waals surface area (Å²) in [7, 11) is 0. The van der Waals surface area contributed by atoms with Crippen molar-refractivity contribution in [2.45, 2.75) is 51.6 Å². The largest absolute Gasteiger partial charge is 0.352 e. The first-order valence-electron chi connectivity index (χ1n) is 7.45. The molecule has 0 spiro atoms. The predicted octanol–water partition coefficient (Wildman–Crippen LogP) is 0.975. The van der Waals surface area contributed by atoms with E-state index < -0.39 is 0 Å². The van der Waals surface area contributed by atoms with Crippen LogP contribution in [0.2, 0.25) is 0 Å². The maximum Gasteiger partial charge on any atom is 0.237 e. The minimum Gasteiger partial charge on any atom is -0.352 e. The van der Waals surface area contributed by atoms with Crippen molar-refractivity contribution >= 4 is 5.91 Å². The highest BCUT2D eigenvalue weighted by atomic mass is 16.2. The first kappa shape index (κ1) is 13.8. The summed E-state index contributed by atoms with van der Waals surface area (Å²) >= 11 is 0. The fourth-order valence-electron chi connectivity index (χ4n) is 2.61. The van der Waals surface area contributed by atoms with Crippen molar-refractivity contribution < 1.29 is 4.79 Å². The maximum absolute atomic E-state index is 12.0. The highest BCUT2D eigenvalue weighted by Gasteiger charge is 2.30. The summed E-state index contributed by atoms with van der Waals surface area (Å²) < 4.78 is 0. The van der Waals surface area contributed by atoms with Crippen LogP contribution in [0.5, 0.6) is 0 Å². The predicted molar refractivity (Wildman–Crippen MR) is 73.5 cm³/mol. The minimum absolute atomic E-state index is 0.0469. The molecular formula is C14H27N3O. The molecule has 0 aromatic heterocycles. The van der Waals surface area contributed by atoms with E-state index in [0.717, 1.165) is 32.1 Å². The number of carbonyl (C=O) groups is 1. The second-order valence-electron chi connectivity index (χ2n) is 5.75. The number of likely N-dealkylation sites (tertiary alicyclic amines) is 1. The van der Waals surface area contributed by atoms with Gasteiger partial charge in [-0.25, -0.2) is 0 Å². The number of piperidine rings is 1. The molecule has 1 heterocycles. The Morgan fingerprint density at radius 2 is 1.94 bits per heavy atom. The van der Waals surface area contributed by atoms with Gasteiger partial charge in [0.1, 0.15) is 0 Å². The molecule has 1 amide bonds. The number of nitrogens with zero attached hydrogens (tertiary/aromatic N) is 1. The fourth-order valence-corrected chi connectivity index (χ4v) is 2.61. The lowest BCUT2D eigenvalue weighted by Gasteiger charge is -2.35. The van der Waals surface area contributed by atoms with Crippen LogP contribution in [0.15, 0.2) is 0 Å². The molecule has 1 atom stereocenters. The minimum atomic E-state index is 0.0469. The Morgan fingerprint density at radius 3 is 2.50 bits per heavy atom. The molecular weight excluding hydrogens is 226 g/mol. The summed E-state index contributed by atoms with van der Waals surface area (Å²) in [4.78, 5) is 14.3. The monoisotopic (exact) mass is 253 g/mol. The van der Waals surface area contributed by atoms with Crippen LogP contribution in [-0.4, -0.2) is 49.1 Å². The average molecular weight is 253 g/mol. The van der Waals surface area contributed by atoms with E-state index in [4.69, 9.17) is 0 Å². The molecule has 2 rings (SSSR count). The van der Waals surface area contributed by atoms with E-state index in [1.54, 1.807) is 0 Å². The normalized spacial score (nSPS) is 23.9. The first-order chi connectivity index (χ1) is 8.70. The SMILES string of the molecule is CCNCC1CCN(C(C)C(=O)NC2CC2)CC1. The third-order valence-electron chi connectivity index (χ3n) is 4.18. The van der Waals surface area contributed by atoms with Crippen LogP contribution in [0.1, 0.15) is 39.5 Å². The number of amides is 1. The van der Waals surface area contributed by atoms with E-state index in [9.17, 15) is 4.79 Å². The highest BCUT2D eigenvalue weighted by molar-refractivity contribution is 5.81. The standard InChI is InChI=1S/C14H27N3O/c1-3-15-10-12-6-8-17(9-7-12)11(2)14(18)16-13-4-5-13/h11-13,15H,3-10H2,1-2H3,(H,16,18). The molecule has 104 valence electrons. The Kier molecular flexibility index (Phi) is 5.01. The summed E-state index contributed by atoms with van der Waals surface area (Å²) in [6.45, 7) is 8.51. The van der Waals surface area contributed by atoms with Crippen molar-refractivity contribution in [1.82, 2.24) is 15.5 Å². The van der Waals surface area contributed by atoms with Gasteiger partial charge in [-0.1, -0.05) is 6.92 Å². The van der Waals surface area contributed by atoms with Crippen LogP contribution in [-0.2, 0) is 4.79 Å². The van der Waals surface area contributed by atoms with E-state index in [1.807, 2.05) is 6.92 Å². The highest BCUT2D eigenvalue weighted by Crippen LogP contribution is 2.21. The van der Waals surface area contributed by atoms with Gasteiger partial charge in [-0.05, 0) is 64.7 Å². The molecule has 1 saturated heterocycles. The van der Waals surface area contributed by atoms with Crippen molar-refractivity contribution in [3.05, 3.63) is 0 Å². The molecule has 2 fully saturated rings. The van der Waals surface area contributed by atoms with Crippen molar-refractivity contribution in [2.75, 3.05) is 26.2 Å². The zero-order valence-corrected chi connectivity index (χ0v) is 11.7. The van der Waals surface area contributed by atoms with Crippen molar-refractivity contribution in [2.24, 2.45) is 5.92 Å². The quantitative estimate of drug-likeness (QED) is 0.741. The number of hydrogen-bond acceptors (Lipinski definition) is 3. The van der Waals surface area contributed by atoms with E-state index in [2.05, 4.69) is 22.5 Å². The van der Waals surface area contributed by atoms with Crippen LogP contribution in [0.3, 0.4) is 0 Å². The molecule has 1 unspecified atom stereocenters. The smallest absolute Gasteiger partial charge is 0.237 e. The van der Waals surface area contributed by atoms with Crippen LogP contribution in [0.25, 0.3) is 0 Å². The van der Waals surface area contributed by atoms with Gasteiger partial charge < -0.3 is 10.6 Å². The Hall–Kier alpha value is -0.610. The van der Waals surface area contributed by atoms with Crippen molar-refractivity contribution in [3.63, 3.8) is 0 Å². The molecule has 2 aliphatic rings. The van der Waals surface area contributed by atoms with E-state index >= 15 is 0 Å². The van der Waals surface area contributed by atoms with Gasteiger partial charge in [-0.3, -0.25) is 9.69 Å². The first-order valence-corrected chi connectivity index (χ1v) is 7.45. The third kappa shape index (κ3) is 3.95. The third-order valence-corrected chi connectivity index (χ3v) is 4.18. The second-order valence-corrected chi connectivity index (χ2v) is 5.75. The molecule has 2 N–H and O–H groups in total. The van der Waals surface area contributed by atoms with Gasteiger partial charge in [0.25, 0.3) is 0 Å². The molecule has 0 radical (unpaired) electrons. The van der Waals surface area contributed by atoms with Crippen molar-refractivity contribution in [3.8, 4) is 0 Å². The van der Waals surface area contributed by atoms with E-state index in [0.29, 0.717) is 6.04 Å². The fraction of sp³-hybridized carbons (Fsp3) is 0.929. The van der Waals surface area contributed by atoms with Crippen LogP contribution < -0.4 is 10.6 Å². The van der Waals surface area contributed by atoms with Crippen LogP contribution in [0, 0.1) is 5.92 Å². The molecule has 4 nitrogen and oxygen atoms in total. The molecule has 1 aliphatic carbocycles. The average Bonchev–Trinajstić information content (AvgIpc) is 3.20. The molecule has 1 aliphatic heterocycles. The number of nitrogens with one attached hydrogen (secondary N) is 2. The Morgan fingerprint density at radius 1 is 1.28 bits per heavy atom.